The van der Waals surface area contributed by atoms with E-state index in [2.05, 4.69) is 10.4 Å². The van der Waals surface area contributed by atoms with Gasteiger partial charge in [0.05, 0.1) is 5.69 Å². The topological polar surface area (TPSA) is 50.2 Å². The van der Waals surface area contributed by atoms with Crippen molar-refractivity contribution in [3.05, 3.63) is 45.9 Å². The average Bonchev–Trinajstić information content (AvgIpc) is 2.75. The summed E-state index contributed by atoms with van der Waals surface area (Å²) in [5.74, 6) is 0.249. The molecule has 0 spiro atoms. The van der Waals surface area contributed by atoms with Gasteiger partial charge in [-0.3, -0.25) is 10.00 Å². The Bertz CT molecular complexity index is 743. The van der Waals surface area contributed by atoms with Gasteiger partial charge in [-0.25, -0.2) is 9.18 Å². The molecule has 1 aliphatic heterocycles. The van der Waals surface area contributed by atoms with E-state index in [0.717, 1.165) is 16.8 Å². The van der Waals surface area contributed by atoms with Crippen LogP contribution < -0.4 is 5.32 Å². The highest BCUT2D eigenvalue weighted by Gasteiger charge is 2.23. The highest BCUT2D eigenvalue weighted by Crippen LogP contribution is 2.27. The number of anilines is 1. The summed E-state index contributed by atoms with van der Waals surface area (Å²) in [4.78, 5) is 14.0. The molecule has 0 fully saturated rings. The van der Waals surface area contributed by atoms with Gasteiger partial charge in [-0.1, -0.05) is 11.6 Å². The number of hydrogen-bond acceptors (Lipinski definition) is 2. The molecule has 1 aliphatic rings. The average molecular weight is 323 g/mol. The van der Waals surface area contributed by atoms with Crippen LogP contribution in [0.3, 0.4) is 0 Å². The number of amides is 2. The van der Waals surface area contributed by atoms with Crippen molar-refractivity contribution in [2.75, 3.05) is 11.9 Å². The van der Waals surface area contributed by atoms with Crippen molar-refractivity contribution in [1.82, 2.24) is 14.7 Å². The lowest BCUT2D eigenvalue weighted by Gasteiger charge is -2.29. The third kappa shape index (κ3) is 2.78. The summed E-state index contributed by atoms with van der Waals surface area (Å²) in [6.07, 6.45) is 0.617. The number of aromatic nitrogens is 2. The number of fused-ring (bicyclic) bond motifs is 1. The second-order valence-corrected chi connectivity index (χ2v) is 5.83. The maximum atomic E-state index is 13.5. The molecule has 7 heteroatoms. The van der Waals surface area contributed by atoms with E-state index in [1.165, 1.54) is 12.1 Å². The number of nitrogens with one attached hydrogen (secondary N) is 1. The summed E-state index contributed by atoms with van der Waals surface area (Å²) in [5, 5.41) is 7.43. The van der Waals surface area contributed by atoms with E-state index in [1.54, 1.807) is 22.7 Å². The first-order valence-corrected chi connectivity index (χ1v) is 7.35. The number of hydrogen-bond donors (Lipinski definition) is 1. The number of benzene rings is 1. The summed E-state index contributed by atoms with van der Waals surface area (Å²) in [6, 6.07) is 4.32. The first-order valence-electron chi connectivity index (χ1n) is 6.97. The largest absolute Gasteiger partial charge is 0.323 e. The van der Waals surface area contributed by atoms with E-state index in [9.17, 15) is 9.18 Å². The van der Waals surface area contributed by atoms with Crippen LogP contribution in [0.25, 0.3) is 0 Å². The number of halogens is 2. The van der Waals surface area contributed by atoms with E-state index in [-0.39, 0.29) is 11.8 Å². The summed E-state index contributed by atoms with van der Waals surface area (Å²) < 4.78 is 15.1. The molecule has 0 saturated heterocycles. The highest BCUT2D eigenvalue weighted by molar-refractivity contribution is 6.31. The maximum Gasteiger partial charge on any atom is 0.323 e. The van der Waals surface area contributed by atoms with Crippen molar-refractivity contribution in [1.29, 1.82) is 0 Å². The molecule has 0 unspecified atom stereocenters. The zero-order valence-corrected chi connectivity index (χ0v) is 13.1. The minimum absolute atomic E-state index is 0.228. The van der Waals surface area contributed by atoms with Gasteiger partial charge in [0.2, 0.25) is 0 Å². The standard InChI is InChI=1S/C15H16ClFN4O/c1-9-5-14(20(2)19-9)18-15(22)21-4-3-12-10(8-21)6-11(17)7-13(12)16/h5-7H,3-4,8H2,1-2H3,(H,18,22). The molecular weight excluding hydrogens is 307 g/mol. The molecular formula is C15H16ClFN4O. The molecule has 0 radical (unpaired) electrons. The molecule has 22 heavy (non-hydrogen) atoms. The van der Waals surface area contributed by atoms with Crippen LogP contribution >= 0.6 is 11.6 Å². The Morgan fingerprint density at radius 3 is 2.86 bits per heavy atom. The van der Waals surface area contributed by atoms with Crippen LogP contribution in [0.5, 0.6) is 0 Å². The smallest absolute Gasteiger partial charge is 0.320 e. The SMILES string of the molecule is Cc1cc(NC(=O)N2CCc3c(Cl)cc(F)cc3C2)n(C)n1. The third-order valence-electron chi connectivity index (χ3n) is 3.77. The van der Waals surface area contributed by atoms with Crippen LogP contribution in [0.15, 0.2) is 18.2 Å². The lowest BCUT2D eigenvalue weighted by Crippen LogP contribution is -2.39. The molecule has 2 heterocycles. The zero-order chi connectivity index (χ0) is 15.9. The van der Waals surface area contributed by atoms with Crippen LogP contribution in [0, 0.1) is 12.7 Å². The molecule has 5 nitrogen and oxygen atoms in total. The van der Waals surface area contributed by atoms with E-state index in [4.69, 9.17) is 11.6 Å². The Morgan fingerprint density at radius 2 is 2.18 bits per heavy atom. The number of nitrogens with zero attached hydrogens (tertiary/aromatic N) is 3. The summed E-state index contributed by atoms with van der Waals surface area (Å²) >= 11 is 6.06. The van der Waals surface area contributed by atoms with Crippen LogP contribution in [0.1, 0.15) is 16.8 Å². The predicted molar refractivity (Wildman–Crippen MR) is 82.5 cm³/mol. The number of carbonyl (C=O) groups excluding carboxylic acids is 1. The second kappa shape index (κ2) is 5.61. The van der Waals surface area contributed by atoms with Gasteiger partial charge in [-0.15, -0.1) is 0 Å². The van der Waals surface area contributed by atoms with E-state index >= 15 is 0 Å². The summed E-state index contributed by atoms with van der Waals surface area (Å²) in [7, 11) is 1.77. The van der Waals surface area contributed by atoms with Gasteiger partial charge in [-0.05, 0) is 36.6 Å². The molecule has 0 bridgehead atoms. The lowest BCUT2D eigenvalue weighted by atomic mass is 10.00. The summed E-state index contributed by atoms with van der Waals surface area (Å²) in [5.41, 5.74) is 2.51. The monoisotopic (exact) mass is 322 g/mol. The fraction of sp³-hybridized carbons (Fsp3) is 0.333. The maximum absolute atomic E-state index is 13.5. The van der Waals surface area contributed by atoms with Crippen LogP contribution in [0.2, 0.25) is 5.02 Å². The van der Waals surface area contributed by atoms with Gasteiger partial charge in [0.15, 0.2) is 0 Å². The molecule has 116 valence electrons. The molecule has 2 amide bonds. The molecule has 2 aromatic rings. The van der Waals surface area contributed by atoms with Gasteiger partial charge in [-0.2, -0.15) is 5.10 Å². The van der Waals surface area contributed by atoms with Crippen LogP contribution in [-0.2, 0) is 20.0 Å². The minimum Gasteiger partial charge on any atom is -0.320 e. The highest BCUT2D eigenvalue weighted by atomic mass is 35.5. The van der Waals surface area contributed by atoms with Crippen molar-refractivity contribution >= 4 is 23.4 Å². The molecule has 0 aliphatic carbocycles. The number of rotatable bonds is 1. The van der Waals surface area contributed by atoms with Crippen LogP contribution in [0.4, 0.5) is 15.0 Å². The van der Waals surface area contributed by atoms with E-state index < -0.39 is 0 Å². The molecule has 0 saturated carbocycles. The van der Waals surface area contributed by atoms with Crippen molar-refractivity contribution in [3.8, 4) is 0 Å². The first kappa shape index (κ1) is 14.8. The second-order valence-electron chi connectivity index (χ2n) is 5.42. The van der Waals surface area contributed by atoms with Gasteiger partial charge >= 0.3 is 6.03 Å². The fourth-order valence-corrected chi connectivity index (χ4v) is 3.02. The summed E-state index contributed by atoms with van der Waals surface area (Å²) in [6.45, 7) is 2.74. The Kier molecular flexibility index (Phi) is 3.78. The molecule has 1 aromatic carbocycles. The van der Waals surface area contributed by atoms with Gasteiger partial charge < -0.3 is 4.90 Å². The van der Waals surface area contributed by atoms with Crippen LogP contribution in [-0.4, -0.2) is 27.3 Å². The van der Waals surface area contributed by atoms with Crippen molar-refractivity contribution in [3.63, 3.8) is 0 Å². The molecule has 3 rings (SSSR count). The minimum atomic E-state index is -0.381. The lowest BCUT2D eigenvalue weighted by molar-refractivity contribution is 0.206. The molecule has 1 aromatic heterocycles. The quantitative estimate of drug-likeness (QED) is 0.877. The predicted octanol–water partition coefficient (Wildman–Crippen LogP) is 3.11. The van der Waals surface area contributed by atoms with Crippen molar-refractivity contribution in [2.24, 2.45) is 7.05 Å². The Hall–Kier alpha value is -2.08. The van der Waals surface area contributed by atoms with E-state index in [0.29, 0.717) is 30.4 Å². The van der Waals surface area contributed by atoms with Crippen molar-refractivity contribution < 1.29 is 9.18 Å². The fourth-order valence-electron chi connectivity index (χ4n) is 2.70. The Morgan fingerprint density at radius 1 is 1.41 bits per heavy atom. The normalized spacial score (nSPS) is 13.9. The molecule has 0 atom stereocenters. The van der Waals surface area contributed by atoms with E-state index in [1.807, 2.05) is 6.92 Å². The number of carbonyl (C=O) groups is 1. The number of urea groups is 1. The first-order chi connectivity index (χ1) is 10.4. The molecule has 1 N–H and O–H groups in total. The van der Waals surface area contributed by atoms with Crippen molar-refractivity contribution in [2.45, 2.75) is 19.9 Å². The van der Waals surface area contributed by atoms with Gasteiger partial charge in [0.1, 0.15) is 11.6 Å². The Balaban J connectivity index is 1.76. The number of aryl methyl sites for hydroxylation is 2. The Labute approximate surface area is 132 Å². The third-order valence-corrected chi connectivity index (χ3v) is 4.11. The van der Waals surface area contributed by atoms with Gasteiger partial charge in [0, 0.05) is 31.2 Å². The van der Waals surface area contributed by atoms with Gasteiger partial charge in [0.25, 0.3) is 0 Å². The zero-order valence-electron chi connectivity index (χ0n) is 12.4.